The number of hydrogen-bond acceptors (Lipinski definition) is 2. The van der Waals surface area contributed by atoms with E-state index in [1.807, 2.05) is 42.5 Å². The van der Waals surface area contributed by atoms with Crippen molar-refractivity contribution in [3.8, 4) is 0 Å². The Hall–Kier alpha value is -1.61. The number of benzene rings is 2. The maximum absolute atomic E-state index is 11.9. The summed E-state index contributed by atoms with van der Waals surface area (Å²) in [6, 6.07) is 17.9. The summed E-state index contributed by atoms with van der Waals surface area (Å²) in [5, 5.41) is 12.6. The molecule has 0 amide bonds. The van der Waals surface area contributed by atoms with Gasteiger partial charge in [-0.05, 0) is 62.2 Å². The van der Waals surface area contributed by atoms with Crippen molar-refractivity contribution < 1.29 is 5.11 Å². The zero-order chi connectivity index (χ0) is 17.9. The molecule has 1 aliphatic carbocycles. The molecule has 2 atom stereocenters. The second-order valence-electron chi connectivity index (χ2n) is 7.21. The minimum atomic E-state index is -0.983. The molecule has 2 aromatic carbocycles. The normalized spacial score (nSPS) is 25.5. The van der Waals surface area contributed by atoms with Crippen molar-refractivity contribution in [3.63, 3.8) is 0 Å². The molecule has 1 aliphatic rings. The summed E-state index contributed by atoms with van der Waals surface area (Å²) in [7, 11) is 4.13. The van der Waals surface area contributed by atoms with Gasteiger partial charge in [0, 0.05) is 17.5 Å². The van der Waals surface area contributed by atoms with Gasteiger partial charge in [0.05, 0.1) is 0 Å². The van der Waals surface area contributed by atoms with Crippen LogP contribution in [0.15, 0.2) is 60.2 Å². The average Bonchev–Trinajstić information content (AvgIpc) is 2.59. The quantitative estimate of drug-likeness (QED) is 0.836. The van der Waals surface area contributed by atoms with Gasteiger partial charge in [0.1, 0.15) is 5.60 Å². The second-order valence-corrected chi connectivity index (χ2v) is 7.64. The summed E-state index contributed by atoms with van der Waals surface area (Å²) in [4.78, 5) is 2.16. The molecule has 0 aliphatic heterocycles. The van der Waals surface area contributed by atoms with Crippen molar-refractivity contribution in [1.82, 2.24) is 4.90 Å². The van der Waals surface area contributed by atoms with Crippen LogP contribution >= 0.6 is 11.6 Å². The van der Waals surface area contributed by atoms with Gasteiger partial charge in [-0.2, -0.15) is 0 Å². The van der Waals surface area contributed by atoms with Crippen molar-refractivity contribution >= 4 is 17.7 Å². The fourth-order valence-electron chi connectivity index (χ4n) is 3.94. The van der Waals surface area contributed by atoms with Crippen LogP contribution in [0, 0.1) is 5.92 Å². The highest BCUT2D eigenvalue weighted by Gasteiger charge is 2.44. The number of rotatable bonds is 4. The molecule has 0 aromatic heterocycles. The van der Waals surface area contributed by atoms with Crippen molar-refractivity contribution in [2.24, 2.45) is 5.92 Å². The van der Waals surface area contributed by atoms with Gasteiger partial charge in [0.15, 0.2) is 0 Å². The molecule has 132 valence electrons. The lowest BCUT2D eigenvalue weighted by Crippen LogP contribution is -2.44. The van der Waals surface area contributed by atoms with Crippen LogP contribution in [0.2, 0.25) is 5.02 Å². The first-order valence-corrected chi connectivity index (χ1v) is 9.27. The molecule has 0 saturated heterocycles. The molecule has 2 nitrogen and oxygen atoms in total. The van der Waals surface area contributed by atoms with E-state index in [0.717, 1.165) is 42.5 Å². The van der Waals surface area contributed by atoms with Crippen LogP contribution in [-0.4, -0.2) is 30.6 Å². The Bertz CT molecular complexity index is 741. The summed E-state index contributed by atoms with van der Waals surface area (Å²) in [5.74, 6) is 0.143. The monoisotopic (exact) mass is 355 g/mol. The number of aliphatic hydroxyl groups is 1. The minimum absolute atomic E-state index is 0.143. The highest BCUT2D eigenvalue weighted by Crippen LogP contribution is 2.46. The third-order valence-corrected chi connectivity index (χ3v) is 5.30. The third-order valence-electron chi connectivity index (χ3n) is 5.07. The van der Waals surface area contributed by atoms with Crippen LogP contribution in [0.4, 0.5) is 0 Å². The van der Waals surface area contributed by atoms with Crippen LogP contribution in [-0.2, 0) is 5.60 Å². The molecule has 25 heavy (non-hydrogen) atoms. The van der Waals surface area contributed by atoms with Crippen LogP contribution < -0.4 is 0 Å². The molecule has 0 spiro atoms. The van der Waals surface area contributed by atoms with E-state index in [1.54, 1.807) is 0 Å². The molecule has 0 radical (unpaired) electrons. The number of nitrogens with zero attached hydrogens (tertiary/aromatic N) is 1. The predicted octanol–water partition coefficient (Wildman–Crippen LogP) is 4.97. The molecule has 1 saturated carbocycles. The molecule has 2 aromatic rings. The SMILES string of the molecule is CN(C)CC1CCC/C(=C\c2ccccc2)C1(O)c1cccc(Cl)c1. The Morgan fingerprint density at radius 2 is 1.92 bits per heavy atom. The predicted molar refractivity (Wildman–Crippen MR) is 106 cm³/mol. The standard InChI is InChI=1S/C22H26ClNO/c1-24(2)16-20-12-6-10-18(14-17-8-4-3-5-9-17)22(20,25)19-11-7-13-21(23)15-19/h3-5,7-9,11,13-15,20,25H,6,10,12,16H2,1-2H3/b18-14+. The molecule has 1 N–H and O–H groups in total. The molecule has 0 heterocycles. The van der Waals surface area contributed by atoms with Crippen molar-refractivity contribution in [2.75, 3.05) is 20.6 Å². The molecule has 1 fully saturated rings. The van der Waals surface area contributed by atoms with E-state index in [0.29, 0.717) is 5.02 Å². The number of hydrogen-bond donors (Lipinski definition) is 1. The zero-order valence-corrected chi connectivity index (χ0v) is 15.7. The Balaban J connectivity index is 2.10. The zero-order valence-electron chi connectivity index (χ0n) is 15.0. The Labute approximate surface area is 155 Å². The van der Waals surface area contributed by atoms with Crippen LogP contribution in [0.1, 0.15) is 30.4 Å². The van der Waals surface area contributed by atoms with E-state index < -0.39 is 5.60 Å². The molecule has 2 unspecified atom stereocenters. The summed E-state index contributed by atoms with van der Waals surface area (Å²) in [6.45, 7) is 0.842. The largest absolute Gasteiger partial charge is 0.380 e. The van der Waals surface area contributed by atoms with Gasteiger partial charge in [-0.15, -0.1) is 0 Å². The van der Waals surface area contributed by atoms with E-state index in [1.165, 1.54) is 0 Å². The van der Waals surface area contributed by atoms with Gasteiger partial charge in [-0.25, -0.2) is 0 Å². The van der Waals surface area contributed by atoms with Gasteiger partial charge in [0.2, 0.25) is 0 Å². The van der Waals surface area contributed by atoms with Crippen molar-refractivity contribution in [1.29, 1.82) is 0 Å². The summed E-state index contributed by atoms with van der Waals surface area (Å²) < 4.78 is 0. The van der Waals surface area contributed by atoms with Gasteiger partial charge in [-0.1, -0.05) is 60.1 Å². The first kappa shape index (κ1) is 18.2. The van der Waals surface area contributed by atoms with Crippen LogP contribution in [0.25, 0.3) is 6.08 Å². The van der Waals surface area contributed by atoms with Crippen molar-refractivity contribution in [2.45, 2.75) is 24.9 Å². The van der Waals surface area contributed by atoms with Gasteiger partial charge in [-0.3, -0.25) is 0 Å². The Morgan fingerprint density at radius 1 is 1.16 bits per heavy atom. The van der Waals surface area contributed by atoms with E-state index >= 15 is 0 Å². The lowest BCUT2D eigenvalue weighted by Gasteiger charge is -2.44. The smallest absolute Gasteiger partial charge is 0.115 e. The van der Waals surface area contributed by atoms with Crippen LogP contribution in [0.5, 0.6) is 0 Å². The lowest BCUT2D eigenvalue weighted by atomic mass is 9.67. The summed E-state index contributed by atoms with van der Waals surface area (Å²) in [5.41, 5.74) is 2.12. The van der Waals surface area contributed by atoms with Gasteiger partial charge in [0.25, 0.3) is 0 Å². The summed E-state index contributed by atoms with van der Waals surface area (Å²) >= 11 is 6.25. The summed E-state index contributed by atoms with van der Waals surface area (Å²) in [6.07, 6.45) is 5.16. The molecular weight excluding hydrogens is 330 g/mol. The fraction of sp³-hybridized carbons (Fsp3) is 0.364. The highest BCUT2D eigenvalue weighted by molar-refractivity contribution is 6.30. The maximum atomic E-state index is 11.9. The van der Waals surface area contributed by atoms with E-state index in [4.69, 9.17) is 11.6 Å². The molecule has 3 rings (SSSR count). The fourth-order valence-corrected chi connectivity index (χ4v) is 4.13. The van der Waals surface area contributed by atoms with E-state index in [2.05, 4.69) is 37.2 Å². The highest BCUT2D eigenvalue weighted by atomic mass is 35.5. The lowest BCUT2D eigenvalue weighted by molar-refractivity contribution is -0.0174. The van der Waals surface area contributed by atoms with Crippen molar-refractivity contribution in [3.05, 3.63) is 76.3 Å². The van der Waals surface area contributed by atoms with E-state index in [-0.39, 0.29) is 5.92 Å². The number of halogens is 1. The first-order chi connectivity index (χ1) is 12.0. The minimum Gasteiger partial charge on any atom is -0.380 e. The van der Waals surface area contributed by atoms with Gasteiger partial charge >= 0.3 is 0 Å². The Morgan fingerprint density at radius 3 is 2.60 bits per heavy atom. The molecule has 3 heteroatoms. The molecule has 0 bridgehead atoms. The van der Waals surface area contributed by atoms with Gasteiger partial charge < -0.3 is 10.0 Å². The second kappa shape index (κ2) is 7.74. The Kier molecular flexibility index (Phi) is 5.63. The molecular formula is C22H26ClNO. The van der Waals surface area contributed by atoms with Crippen LogP contribution in [0.3, 0.4) is 0 Å². The first-order valence-electron chi connectivity index (χ1n) is 8.89. The average molecular weight is 356 g/mol. The topological polar surface area (TPSA) is 23.5 Å². The van der Waals surface area contributed by atoms with E-state index in [9.17, 15) is 5.11 Å². The maximum Gasteiger partial charge on any atom is 0.115 e. The third kappa shape index (κ3) is 3.98.